The standard InChI is InChI=1S/C17H32NO3/c1-7-15(6)12-20-17(21-13-15)10-14(4,5)18(19)16(8-2,9-3)11-17/h7-13H2,1-6H3. The lowest BCUT2D eigenvalue weighted by Gasteiger charge is -2.58. The number of hydroxylamine groups is 2. The molecule has 0 atom stereocenters. The molecule has 0 amide bonds. The highest BCUT2D eigenvalue weighted by molar-refractivity contribution is 5.04. The van der Waals surface area contributed by atoms with E-state index in [1.807, 2.05) is 13.8 Å². The lowest BCUT2D eigenvalue weighted by molar-refractivity contribution is -0.391. The zero-order valence-corrected chi connectivity index (χ0v) is 14.6. The highest BCUT2D eigenvalue weighted by Crippen LogP contribution is 2.50. The maximum absolute atomic E-state index is 12.8. The van der Waals surface area contributed by atoms with Crippen molar-refractivity contribution in [1.82, 2.24) is 5.06 Å². The van der Waals surface area contributed by atoms with Gasteiger partial charge in [0, 0.05) is 23.8 Å². The van der Waals surface area contributed by atoms with Gasteiger partial charge in [-0.3, -0.25) is 0 Å². The molecule has 4 heteroatoms. The lowest BCUT2D eigenvalue weighted by atomic mass is 9.72. The van der Waals surface area contributed by atoms with E-state index in [1.54, 1.807) is 0 Å². The molecular weight excluding hydrogens is 266 g/mol. The molecule has 0 aromatic carbocycles. The monoisotopic (exact) mass is 298 g/mol. The second kappa shape index (κ2) is 5.48. The Morgan fingerprint density at radius 1 is 0.905 bits per heavy atom. The lowest BCUT2D eigenvalue weighted by Crippen LogP contribution is -2.68. The number of rotatable bonds is 3. The Morgan fingerprint density at radius 3 is 1.86 bits per heavy atom. The van der Waals surface area contributed by atoms with Gasteiger partial charge in [0.1, 0.15) is 0 Å². The Bertz CT molecular complexity index is 368. The highest BCUT2D eigenvalue weighted by Gasteiger charge is 2.58. The topological polar surface area (TPSA) is 41.6 Å². The summed E-state index contributed by atoms with van der Waals surface area (Å²) in [6.45, 7) is 14.1. The average Bonchev–Trinajstić information content (AvgIpc) is 2.46. The molecule has 21 heavy (non-hydrogen) atoms. The molecule has 4 nitrogen and oxygen atoms in total. The smallest absolute Gasteiger partial charge is 0.172 e. The third-order valence-electron chi connectivity index (χ3n) is 5.82. The maximum atomic E-state index is 12.8. The van der Waals surface area contributed by atoms with Gasteiger partial charge in [-0.2, -0.15) is 0 Å². The van der Waals surface area contributed by atoms with Crippen molar-refractivity contribution in [3.63, 3.8) is 0 Å². The van der Waals surface area contributed by atoms with Crippen molar-refractivity contribution >= 4 is 0 Å². The zero-order valence-electron chi connectivity index (χ0n) is 14.6. The first kappa shape index (κ1) is 17.2. The molecule has 0 bridgehead atoms. The molecular formula is C17H32NO3. The first-order chi connectivity index (χ1) is 9.67. The van der Waals surface area contributed by atoms with Gasteiger partial charge < -0.3 is 9.47 Å². The summed E-state index contributed by atoms with van der Waals surface area (Å²) >= 11 is 0. The molecule has 1 spiro atoms. The van der Waals surface area contributed by atoms with Gasteiger partial charge in [0.05, 0.1) is 18.8 Å². The number of hydrogen-bond donors (Lipinski definition) is 0. The first-order valence-corrected chi connectivity index (χ1v) is 8.42. The van der Waals surface area contributed by atoms with Crippen molar-refractivity contribution < 1.29 is 14.7 Å². The van der Waals surface area contributed by atoms with Crippen LogP contribution in [0.3, 0.4) is 0 Å². The van der Waals surface area contributed by atoms with Gasteiger partial charge >= 0.3 is 0 Å². The predicted octanol–water partition coefficient (Wildman–Crippen LogP) is 3.92. The summed E-state index contributed by atoms with van der Waals surface area (Å²) in [5.74, 6) is -0.578. The Hall–Kier alpha value is -0.160. The van der Waals surface area contributed by atoms with E-state index >= 15 is 0 Å². The third-order valence-corrected chi connectivity index (χ3v) is 5.82. The fourth-order valence-electron chi connectivity index (χ4n) is 3.90. The highest BCUT2D eigenvalue weighted by atomic mass is 16.7. The van der Waals surface area contributed by atoms with E-state index < -0.39 is 11.3 Å². The van der Waals surface area contributed by atoms with E-state index in [-0.39, 0.29) is 11.0 Å². The van der Waals surface area contributed by atoms with Crippen LogP contribution < -0.4 is 0 Å². The van der Waals surface area contributed by atoms with Crippen LogP contribution in [0.15, 0.2) is 0 Å². The van der Waals surface area contributed by atoms with Crippen molar-refractivity contribution in [3.05, 3.63) is 0 Å². The quantitative estimate of drug-likeness (QED) is 0.793. The number of piperidine rings is 1. The van der Waals surface area contributed by atoms with E-state index in [9.17, 15) is 5.21 Å². The minimum absolute atomic E-state index is 0.102. The Kier molecular flexibility index (Phi) is 4.49. The summed E-state index contributed by atoms with van der Waals surface area (Å²) in [6, 6.07) is 0. The molecule has 0 saturated carbocycles. The van der Waals surface area contributed by atoms with Crippen molar-refractivity contribution in [3.8, 4) is 0 Å². The molecule has 2 aliphatic rings. The molecule has 0 N–H and O–H groups in total. The van der Waals surface area contributed by atoms with Crippen LogP contribution in [0.5, 0.6) is 0 Å². The van der Waals surface area contributed by atoms with Crippen molar-refractivity contribution in [2.24, 2.45) is 5.41 Å². The van der Waals surface area contributed by atoms with Crippen LogP contribution in [0, 0.1) is 5.41 Å². The first-order valence-electron chi connectivity index (χ1n) is 8.42. The minimum Gasteiger partial charge on any atom is -0.349 e. The van der Waals surface area contributed by atoms with Crippen LogP contribution >= 0.6 is 0 Å². The predicted molar refractivity (Wildman–Crippen MR) is 82.2 cm³/mol. The number of nitrogens with zero attached hydrogens (tertiary/aromatic N) is 1. The SMILES string of the molecule is CCC1(C)COC2(CC(C)(C)N([O])C(CC)(CC)C2)OC1. The molecule has 0 aromatic heterocycles. The largest absolute Gasteiger partial charge is 0.349 e. The van der Waals surface area contributed by atoms with Crippen LogP contribution in [0.1, 0.15) is 73.6 Å². The van der Waals surface area contributed by atoms with Gasteiger partial charge in [-0.15, -0.1) is 10.3 Å². The van der Waals surface area contributed by atoms with Crippen LogP contribution in [-0.4, -0.2) is 35.1 Å². The fraction of sp³-hybridized carbons (Fsp3) is 1.00. The molecule has 2 saturated heterocycles. The fourth-order valence-corrected chi connectivity index (χ4v) is 3.90. The number of hydrogen-bond acceptors (Lipinski definition) is 3. The van der Waals surface area contributed by atoms with Gasteiger partial charge in [0.25, 0.3) is 0 Å². The summed E-state index contributed by atoms with van der Waals surface area (Å²) in [6.07, 6.45) is 4.03. The van der Waals surface area contributed by atoms with Gasteiger partial charge in [0.15, 0.2) is 5.79 Å². The summed E-state index contributed by atoms with van der Waals surface area (Å²) in [5.41, 5.74) is -0.725. The molecule has 0 unspecified atom stereocenters. The third kappa shape index (κ3) is 2.88. The Morgan fingerprint density at radius 2 is 1.43 bits per heavy atom. The van der Waals surface area contributed by atoms with Crippen molar-refractivity contribution in [1.29, 1.82) is 0 Å². The molecule has 0 aliphatic carbocycles. The molecule has 1 radical (unpaired) electrons. The van der Waals surface area contributed by atoms with Crippen molar-refractivity contribution in [2.75, 3.05) is 13.2 Å². The van der Waals surface area contributed by atoms with Crippen molar-refractivity contribution in [2.45, 2.75) is 90.5 Å². The van der Waals surface area contributed by atoms with E-state index in [4.69, 9.17) is 9.47 Å². The molecule has 2 rings (SSSR count). The molecule has 0 aromatic rings. The average molecular weight is 298 g/mol. The van der Waals surface area contributed by atoms with Crippen LogP contribution in [0.2, 0.25) is 0 Å². The maximum Gasteiger partial charge on any atom is 0.172 e. The minimum atomic E-state index is -0.578. The van der Waals surface area contributed by atoms with E-state index in [0.717, 1.165) is 32.5 Å². The summed E-state index contributed by atoms with van der Waals surface area (Å²) in [7, 11) is 0. The normalized spacial score (nSPS) is 39.6. The molecule has 2 fully saturated rings. The van der Waals surface area contributed by atoms with Gasteiger partial charge in [-0.05, 0) is 33.1 Å². The second-order valence-electron chi connectivity index (χ2n) is 8.04. The summed E-state index contributed by atoms with van der Waals surface area (Å²) in [5, 5.41) is 14.2. The van der Waals surface area contributed by atoms with E-state index in [2.05, 4.69) is 27.7 Å². The summed E-state index contributed by atoms with van der Waals surface area (Å²) in [4.78, 5) is 0. The zero-order chi connectivity index (χ0) is 15.9. The van der Waals surface area contributed by atoms with Gasteiger partial charge in [0.2, 0.25) is 0 Å². The second-order valence-corrected chi connectivity index (χ2v) is 8.04. The van der Waals surface area contributed by atoms with Crippen LogP contribution in [0.25, 0.3) is 0 Å². The Balaban J connectivity index is 2.26. The van der Waals surface area contributed by atoms with E-state index in [1.165, 1.54) is 5.06 Å². The van der Waals surface area contributed by atoms with Crippen LogP contribution in [-0.2, 0) is 14.7 Å². The Labute approximate surface area is 129 Å². The number of ether oxygens (including phenoxy) is 2. The van der Waals surface area contributed by atoms with E-state index in [0.29, 0.717) is 12.8 Å². The van der Waals surface area contributed by atoms with Gasteiger partial charge in [-0.1, -0.05) is 27.7 Å². The summed E-state index contributed by atoms with van der Waals surface area (Å²) < 4.78 is 12.5. The molecule has 2 aliphatic heterocycles. The van der Waals surface area contributed by atoms with Crippen LogP contribution in [0.4, 0.5) is 0 Å². The molecule has 123 valence electrons. The van der Waals surface area contributed by atoms with Gasteiger partial charge in [-0.25, -0.2) is 0 Å². The molecule has 2 heterocycles.